The first-order valence-corrected chi connectivity index (χ1v) is 13.0. The van der Waals surface area contributed by atoms with Crippen molar-refractivity contribution in [1.82, 2.24) is 14.9 Å². The van der Waals surface area contributed by atoms with Gasteiger partial charge in [-0.2, -0.15) is 0 Å². The normalized spacial score (nSPS) is 22.8. The van der Waals surface area contributed by atoms with Gasteiger partial charge in [0.2, 0.25) is 15.9 Å². The lowest BCUT2D eigenvalue weighted by atomic mass is 9.88. The fourth-order valence-electron chi connectivity index (χ4n) is 4.12. The molecule has 11 heteroatoms. The number of sulfonamides is 1. The zero-order valence-electron chi connectivity index (χ0n) is 16.3. The van der Waals surface area contributed by atoms with Crippen molar-refractivity contribution in [3.63, 3.8) is 0 Å². The van der Waals surface area contributed by atoms with E-state index < -0.39 is 28.2 Å². The van der Waals surface area contributed by atoms with E-state index in [-0.39, 0.29) is 29.8 Å². The molecule has 166 valence electrons. The van der Waals surface area contributed by atoms with E-state index in [2.05, 4.69) is 41.9 Å². The number of benzene rings is 1. The number of rotatable bonds is 6. The summed E-state index contributed by atoms with van der Waals surface area (Å²) in [5.41, 5.74) is 0. The number of halogens is 2. The zero-order chi connectivity index (χ0) is 21.9. The van der Waals surface area contributed by atoms with Gasteiger partial charge in [0.05, 0.1) is 10.9 Å². The largest absolute Gasteiger partial charge is 0.465 e. The summed E-state index contributed by atoms with van der Waals surface area (Å²) in [6.45, 7) is 0.213. The number of carboxylic acid groups (broad SMARTS) is 1. The van der Waals surface area contributed by atoms with E-state index in [1.165, 1.54) is 11.0 Å². The van der Waals surface area contributed by atoms with Crippen molar-refractivity contribution in [2.24, 2.45) is 5.92 Å². The highest BCUT2D eigenvalue weighted by Gasteiger charge is 2.38. The first-order valence-electron chi connectivity index (χ1n) is 9.92. The smallest absolute Gasteiger partial charge is 0.407 e. The van der Waals surface area contributed by atoms with Crippen molar-refractivity contribution in [3.8, 4) is 0 Å². The van der Waals surface area contributed by atoms with Gasteiger partial charge < -0.3 is 15.3 Å². The molecule has 1 heterocycles. The highest BCUT2D eigenvalue weighted by Crippen LogP contribution is 2.28. The van der Waals surface area contributed by atoms with Gasteiger partial charge in [0.25, 0.3) is 0 Å². The average molecular weight is 567 g/mol. The standard InChI is InChI=1S/C19H25Br2N3O5S/c20-13-6-7-16(21)17(8-13)30(28,29)23-14-9-15(24(11-14)19(26)27)10-22-18(25)12-4-2-1-3-5-12/h6-8,12,14-15,23H,1-5,9-11H2,(H,22,25)(H,26,27)/t14-,15-/m1/s1. The van der Waals surface area contributed by atoms with Crippen LogP contribution in [0.25, 0.3) is 0 Å². The van der Waals surface area contributed by atoms with Gasteiger partial charge in [-0.15, -0.1) is 0 Å². The minimum atomic E-state index is -3.85. The molecular weight excluding hydrogens is 542 g/mol. The third-order valence-corrected chi connectivity index (χ3v) is 8.66. The summed E-state index contributed by atoms with van der Waals surface area (Å²) in [6, 6.07) is 3.77. The van der Waals surface area contributed by atoms with E-state index in [0.717, 1.165) is 32.1 Å². The minimum Gasteiger partial charge on any atom is -0.465 e. The molecule has 30 heavy (non-hydrogen) atoms. The summed E-state index contributed by atoms with van der Waals surface area (Å²) in [6.07, 6.45) is 4.12. The van der Waals surface area contributed by atoms with E-state index in [9.17, 15) is 23.1 Å². The lowest BCUT2D eigenvalue weighted by molar-refractivity contribution is -0.126. The van der Waals surface area contributed by atoms with Crippen LogP contribution in [0.4, 0.5) is 4.79 Å². The first kappa shape index (κ1) is 23.5. The molecule has 2 atom stereocenters. The first-order chi connectivity index (χ1) is 14.2. The predicted octanol–water partition coefficient (Wildman–Crippen LogP) is 3.31. The SMILES string of the molecule is O=C(NC[C@H]1C[C@@H](NS(=O)(=O)c2cc(Br)ccc2Br)CN1C(=O)O)C1CCCCC1. The number of hydrogen-bond donors (Lipinski definition) is 3. The molecular formula is C19H25Br2N3O5S. The van der Waals surface area contributed by atoms with Crippen molar-refractivity contribution in [2.45, 2.75) is 55.5 Å². The molecule has 0 bridgehead atoms. The Morgan fingerprint density at radius 2 is 1.87 bits per heavy atom. The molecule has 1 aromatic rings. The van der Waals surface area contributed by atoms with Gasteiger partial charge >= 0.3 is 6.09 Å². The van der Waals surface area contributed by atoms with Crippen LogP contribution in [0.15, 0.2) is 32.0 Å². The van der Waals surface area contributed by atoms with Crippen LogP contribution in [-0.2, 0) is 14.8 Å². The lowest BCUT2D eigenvalue weighted by Gasteiger charge is -2.24. The van der Waals surface area contributed by atoms with E-state index in [1.807, 2.05) is 0 Å². The number of hydrogen-bond acceptors (Lipinski definition) is 4. The fraction of sp³-hybridized carbons (Fsp3) is 0.579. The van der Waals surface area contributed by atoms with Crippen molar-refractivity contribution in [3.05, 3.63) is 27.1 Å². The molecule has 0 unspecified atom stereocenters. The van der Waals surface area contributed by atoms with E-state index >= 15 is 0 Å². The number of nitrogens with zero attached hydrogens (tertiary/aromatic N) is 1. The molecule has 2 aliphatic rings. The Hall–Kier alpha value is -1.17. The Morgan fingerprint density at radius 1 is 1.17 bits per heavy atom. The molecule has 1 aromatic carbocycles. The van der Waals surface area contributed by atoms with Crippen LogP contribution in [0, 0.1) is 5.92 Å². The quantitative estimate of drug-likeness (QED) is 0.488. The van der Waals surface area contributed by atoms with Crippen molar-refractivity contribution in [2.75, 3.05) is 13.1 Å². The van der Waals surface area contributed by atoms with Crippen molar-refractivity contribution in [1.29, 1.82) is 0 Å². The molecule has 1 saturated heterocycles. The monoisotopic (exact) mass is 565 g/mol. The van der Waals surface area contributed by atoms with Gasteiger partial charge in [-0.25, -0.2) is 17.9 Å². The van der Waals surface area contributed by atoms with Gasteiger partial charge in [0.1, 0.15) is 0 Å². The summed E-state index contributed by atoms with van der Waals surface area (Å²) in [4.78, 5) is 25.3. The topological polar surface area (TPSA) is 116 Å². The summed E-state index contributed by atoms with van der Waals surface area (Å²) in [5.74, 6) is -0.0521. The second kappa shape index (κ2) is 9.97. The maximum atomic E-state index is 12.8. The van der Waals surface area contributed by atoms with Crippen LogP contribution in [-0.4, -0.2) is 55.6 Å². The van der Waals surface area contributed by atoms with Gasteiger partial charge in [-0.3, -0.25) is 4.79 Å². The van der Waals surface area contributed by atoms with Crippen LogP contribution in [0.1, 0.15) is 38.5 Å². The minimum absolute atomic E-state index is 0.0124. The summed E-state index contributed by atoms with van der Waals surface area (Å²) in [5, 5.41) is 12.4. The molecule has 0 spiro atoms. The molecule has 1 aliphatic carbocycles. The second-order valence-corrected chi connectivity index (χ2v) is 11.2. The summed E-state index contributed by atoms with van der Waals surface area (Å²) < 4.78 is 29.3. The van der Waals surface area contributed by atoms with Crippen LogP contribution < -0.4 is 10.0 Å². The maximum absolute atomic E-state index is 12.8. The molecule has 2 fully saturated rings. The maximum Gasteiger partial charge on any atom is 0.407 e. The summed E-state index contributed by atoms with van der Waals surface area (Å²) in [7, 11) is -3.85. The van der Waals surface area contributed by atoms with Gasteiger partial charge in [0.15, 0.2) is 0 Å². The fourth-order valence-corrected chi connectivity index (χ4v) is 6.87. The van der Waals surface area contributed by atoms with Crippen LogP contribution in [0.5, 0.6) is 0 Å². The number of carbonyl (C=O) groups excluding carboxylic acids is 1. The Labute approximate surface area is 193 Å². The molecule has 3 rings (SSSR count). The Bertz CT molecular complexity index is 905. The summed E-state index contributed by atoms with van der Waals surface area (Å²) >= 11 is 6.52. The number of carbonyl (C=O) groups is 2. The molecule has 1 aliphatic heterocycles. The molecule has 8 nitrogen and oxygen atoms in total. The third-order valence-electron chi connectivity index (χ3n) is 5.65. The van der Waals surface area contributed by atoms with Crippen molar-refractivity contribution < 1.29 is 23.1 Å². The van der Waals surface area contributed by atoms with Gasteiger partial charge in [0, 0.05) is 34.0 Å². The molecule has 1 saturated carbocycles. The molecule has 0 aromatic heterocycles. The molecule has 2 amide bonds. The highest BCUT2D eigenvalue weighted by molar-refractivity contribution is 9.11. The van der Waals surface area contributed by atoms with Gasteiger partial charge in [-0.1, -0.05) is 35.2 Å². The lowest BCUT2D eigenvalue weighted by Crippen LogP contribution is -2.44. The van der Waals surface area contributed by atoms with E-state index in [4.69, 9.17) is 0 Å². The molecule has 0 radical (unpaired) electrons. The number of likely N-dealkylation sites (tertiary alicyclic amines) is 1. The molecule has 3 N–H and O–H groups in total. The van der Waals surface area contributed by atoms with Crippen LogP contribution >= 0.6 is 31.9 Å². The predicted molar refractivity (Wildman–Crippen MR) is 119 cm³/mol. The zero-order valence-corrected chi connectivity index (χ0v) is 20.3. The average Bonchev–Trinajstić information content (AvgIpc) is 3.10. The van der Waals surface area contributed by atoms with E-state index in [0.29, 0.717) is 15.4 Å². The Morgan fingerprint density at radius 3 is 2.53 bits per heavy atom. The van der Waals surface area contributed by atoms with Crippen LogP contribution in [0.2, 0.25) is 0 Å². The number of nitrogens with one attached hydrogen (secondary N) is 2. The third kappa shape index (κ3) is 5.74. The number of amides is 2. The van der Waals surface area contributed by atoms with Crippen molar-refractivity contribution >= 4 is 53.9 Å². The van der Waals surface area contributed by atoms with E-state index in [1.54, 1.807) is 12.1 Å². The highest BCUT2D eigenvalue weighted by atomic mass is 79.9. The van der Waals surface area contributed by atoms with Gasteiger partial charge in [-0.05, 0) is 53.4 Å². The van der Waals surface area contributed by atoms with Crippen LogP contribution in [0.3, 0.4) is 0 Å². The Kier molecular flexibility index (Phi) is 7.81. The Balaban J connectivity index is 1.64. The second-order valence-electron chi connectivity index (χ2n) is 7.80.